The summed E-state index contributed by atoms with van der Waals surface area (Å²) < 4.78 is 11.3. The van der Waals surface area contributed by atoms with E-state index in [1.165, 1.54) is 13.2 Å². The van der Waals surface area contributed by atoms with Crippen molar-refractivity contribution in [3.05, 3.63) is 94.0 Å². The van der Waals surface area contributed by atoms with Crippen LogP contribution in [0.4, 0.5) is 10.5 Å². The Morgan fingerprint density at radius 1 is 0.971 bits per heavy atom. The highest BCUT2D eigenvalue weighted by molar-refractivity contribution is 6.39. The van der Waals surface area contributed by atoms with E-state index in [0.29, 0.717) is 27.8 Å². The Balaban J connectivity index is 1.59. The van der Waals surface area contributed by atoms with Crippen molar-refractivity contribution >= 4 is 41.2 Å². The zero-order valence-electron chi connectivity index (χ0n) is 19.2. The molecule has 0 bridgehead atoms. The summed E-state index contributed by atoms with van der Waals surface area (Å²) in [4.78, 5) is 39.0. The molecule has 3 aromatic carbocycles. The molecule has 7 nitrogen and oxygen atoms in total. The highest BCUT2D eigenvalue weighted by Gasteiger charge is 2.36. The van der Waals surface area contributed by atoms with Crippen molar-refractivity contribution in [2.45, 2.75) is 20.0 Å². The number of aryl methyl sites for hydroxylation is 1. The van der Waals surface area contributed by atoms with Gasteiger partial charge in [0.2, 0.25) is 0 Å². The number of urea groups is 1. The lowest BCUT2D eigenvalue weighted by molar-refractivity contribution is -0.122. The van der Waals surface area contributed by atoms with E-state index in [9.17, 15) is 14.4 Å². The maximum atomic E-state index is 13.1. The number of carbonyl (C=O) groups excluding carboxylic acids is 3. The molecule has 1 aliphatic rings. The van der Waals surface area contributed by atoms with Crippen molar-refractivity contribution in [3.63, 3.8) is 0 Å². The molecule has 178 valence electrons. The summed E-state index contributed by atoms with van der Waals surface area (Å²) >= 11 is 6.19. The predicted octanol–water partition coefficient (Wildman–Crippen LogP) is 5.16. The molecule has 1 saturated heterocycles. The number of anilines is 1. The number of amides is 4. The van der Waals surface area contributed by atoms with Crippen molar-refractivity contribution in [3.8, 4) is 11.5 Å². The molecule has 1 aliphatic heterocycles. The van der Waals surface area contributed by atoms with Crippen molar-refractivity contribution in [2.24, 2.45) is 0 Å². The van der Waals surface area contributed by atoms with E-state index in [2.05, 4.69) is 5.32 Å². The number of methoxy groups -OCH3 is 1. The topological polar surface area (TPSA) is 84.9 Å². The summed E-state index contributed by atoms with van der Waals surface area (Å²) in [5, 5.41) is 2.83. The van der Waals surface area contributed by atoms with Gasteiger partial charge in [0.15, 0.2) is 11.5 Å². The Labute approximate surface area is 207 Å². The Hall–Kier alpha value is -4.10. The van der Waals surface area contributed by atoms with E-state index >= 15 is 0 Å². The Morgan fingerprint density at radius 2 is 1.71 bits per heavy atom. The first-order valence-corrected chi connectivity index (χ1v) is 11.3. The zero-order valence-corrected chi connectivity index (χ0v) is 20.0. The van der Waals surface area contributed by atoms with Crippen molar-refractivity contribution in [1.82, 2.24) is 5.32 Å². The molecule has 3 aromatic rings. The smallest absolute Gasteiger partial charge is 0.335 e. The molecule has 35 heavy (non-hydrogen) atoms. The van der Waals surface area contributed by atoms with Crippen LogP contribution in [0.1, 0.15) is 23.6 Å². The molecule has 1 fully saturated rings. The van der Waals surface area contributed by atoms with Gasteiger partial charge in [0, 0.05) is 10.6 Å². The maximum absolute atomic E-state index is 13.1. The number of carbonyl (C=O) groups is 3. The molecule has 0 aromatic heterocycles. The Bertz CT molecular complexity index is 1320. The molecule has 8 heteroatoms. The molecule has 1 heterocycles. The van der Waals surface area contributed by atoms with Gasteiger partial charge in [0.25, 0.3) is 11.8 Å². The number of benzene rings is 3. The van der Waals surface area contributed by atoms with Crippen LogP contribution in [0, 0.1) is 0 Å². The van der Waals surface area contributed by atoms with Gasteiger partial charge < -0.3 is 9.47 Å². The SMILES string of the molecule is CCc1ccc(N2C(=O)NC(=O)/C(=C/c3ccc(OCc4ccccc4Cl)c(OC)c3)C2=O)cc1. The first-order valence-electron chi connectivity index (χ1n) is 11.0. The first-order chi connectivity index (χ1) is 16.9. The molecule has 4 amide bonds. The van der Waals surface area contributed by atoms with E-state index < -0.39 is 17.8 Å². The quantitative estimate of drug-likeness (QED) is 0.365. The maximum Gasteiger partial charge on any atom is 0.335 e. The number of imide groups is 2. The molecule has 0 aliphatic carbocycles. The third kappa shape index (κ3) is 5.20. The largest absolute Gasteiger partial charge is 0.493 e. The monoisotopic (exact) mass is 490 g/mol. The fraction of sp³-hybridized carbons (Fsp3) is 0.148. The van der Waals surface area contributed by atoms with Crippen LogP contribution < -0.4 is 19.7 Å². The van der Waals surface area contributed by atoms with Gasteiger partial charge in [0.1, 0.15) is 12.2 Å². The number of ether oxygens (including phenoxy) is 2. The molecule has 0 saturated carbocycles. The van der Waals surface area contributed by atoms with Crippen LogP contribution in [0.25, 0.3) is 6.08 Å². The van der Waals surface area contributed by atoms with Crippen LogP contribution in [0.5, 0.6) is 11.5 Å². The average molecular weight is 491 g/mol. The van der Waals surface area contributed by atoms with E-state index in [0.717, 1.165) is 22.4 Å². The van der Waals surface area contributed by atoms with Gasteiger partial charge in [-0.15, -0.1) is 0 Å². The highest BCUT2D eigenvalue weighted by atomic mass is 35.5. The first kappa shape index (κ1) is 24.0. The van der Waals surface area contributed by atoms with Crippen molar-refractivity contribution < 1.29 is 23.9 Å². The number of halogens is 1. The minimum atomic E-state index is -0.790. The molecule has 1 N–H and O–H groups in total. The van der Waals surface area contributed by atoms with E-state index in [1.54, 1.807) is 36.4 Å². The van der Waals surface area contributed by atoms with E-state index in [-0.39, 0.29) is 12.2 Å². The van der Waals surface area contributed by atoms with Crippen LogP contribution in [-0.4, -0.2) is 25.0 Å². The Morgan fingerprint density at radius 3 is 2.40 bits per heavy atom. The van der Waals surface area contributed by atoms with E-state index in [4.69, 9.17) is 21.1 Å². The number of barbiturate groups is 1. The third-order valence-electron chi connectivity index (χ3n) is 5.54. The molecule has 0 unspecified atom stereocenters. The van der Waals surface area contributed by atoms with Gasteiger partial charge >= 0.3 is 6.03 Å². The average Bonchev–Trinajstić information content (AvgIpc) is 2.86. The van der Waals surface area contributed by atoms with Gasteiger partial charge in [-0.25, -0.2) is 9.69 Å². The summed E-state index contributed by atoms with van der Waals surface area (Å²) in [7, 11) is 1.49. The number of nitrogens with zero attached hydrogens (tertiary/aromatic N) is 1. The minimum Gasteiger partial charge on any atom is -0.493 e. The zero-order chi connectivity index (χ0) is 24.9. The molecule has 4 rings (SSSR count). The summed E-state index contributed by atoms with van der Waals surface area (Å²) in [5.74, 6) is -0.583. The predicted molar refractivity (Wildman–Crippen MR) is 134 cm³/mol. The highest BCUT2D eigenvalue weighted by Crippen LogP contribution is 2.31. The lowest BCUT2D eigenvalue weighted by Gasteiger charge is -2.26. The van der Waals surface area contributed by atoms with Gasteiger partial charge in [-0.05, 0) is 54.0 Å². The van der Waals surface area contributed by atoms with Crippen molar-refractivity contribution in [2.75, 3.05) is 12.0 Å². The summed E-state index contributed by atoms with van der Waals surface area (Å²) in [5.41, 5.74) is 2.62. The molecular formula is C27H23ClN2O5. The second kappa shape index (κ2) is 10.4. The molecule has 0 spiro atoms. The molecule has 0 atom stereocenters. The second-order valence-electron chi connectivity index (χ2n) is 7.77. The van der Waals surface area contributed by atoms with Gasteiger partial charge in [0.05, 0.1) is 12.8 Å². The third-order valence-corrected chi connectivity index (χ3v) is 5.91. The van der Waals surface area contributed by atoms with Gasteiger partial charge in [-0.3, -0.25) is 14.9 Å². The van der Waals surface area contributed by atoms with Crippen LogP contribution in [-0.2, 0) is 22.6 Å². The normalized spacial score (nSPS) is 14.8. The standard InChI is InChI=1S/C27H23ClN2O5/c1-3-17-8-11-20(12-9-17)30-26(32)21(25(31)29-27(30)33)14-18-10-13-23(24(15-18)34-2)35-16-19-6-4-5-7-22(19)28/h4-15H,3,16H2,1-2H3,(H,29,31,33)/b21-14-. The number of nitrogens with one attached hydrogen (secondary N) is 1. The number of hydrogen-bond acceptors (Lipinski definition) is 5. The van der Waals surface area contributed by atoms with Crippen LogP contribution >= 0.6 is 11.6 Å². The fourth-order valence-electron chi connectivity index (χ4n) is 3.60. The van der Waals surface area contributed by atoms with Crippen LogP contribution in [0.2, 0.25) is 5.02 Å². The Kier molecular flexibility index (Phi) is 7.17. The lowest BCUT2D eigenvalue weighted by Crippen LogP contribution is -2.54. The lowest BCUT2D eigenvalue weighted by atomic mass is 10.1. The van der Waals surface area contributed by atoms with Crippen LogP contribution in [0.15, 0.2) is 72.3 Å². The van der Waals surface area contributed by atoms with Crippen molar-refractivity contribution in [1.29, 1.82) is 0 Å². The summed E-state index contributed by atoms with van der Waals surface area (Å²) in [6, 6.07) is 18.6. The number of hydrogen-bond donors (Lipinski definition) is 1. The molecule has 0 radical (unpaired) electrons. The minimum absolute atomic E-state index is 0.170. The molecular weight excluding hydrogens is 468 g/mol. The summed E-state index contributed by atoms with van der Waals surface area (Å²) in [6.45, 7) is 2.25. The fourth-order valence-corrected chi connectivity index (χ4v) is 3.79. The van der Waals surface area contributed by atoms with Crippen LogP contribution in [0.3, 0.4) is 0 Å². The number of rotatable bonds is 7. The summed E-state index contributed by atoms with van der Waals surface area (Å²) in [6.07, 6.45) is 2.24. The van der Waals surface area contributed by atoms with E-state index in [1.807, 2.05) is 37.3 Å². The second-order valence-corrected chi connectivity index (χ2v) is 8.18. The van der Waals surface area contributed by atoms with Gasteiger partial charge in [-0.2, -0.15) is 0 Å². The van der Waals surface area contributed by atoms with Gasteiger partial charge in [-0.1, -0.05) is 54.9 Å².